The zero-order valence-electron chi connectivity index (χ0n) is 19.8. The minimum atomic E-state index is -0.923. The number of anilines is 1. The van der Waals surface area contributed by atoms with Crippen LogP contribution in [-0.4, -0.2) is 67.7 Å². The number of nitrogens with one attached hydrogen (secondary N) is 1. The molecule has 0 radical (unpaired) electrons. The molecular formula is C24H34ClN3O6. The van der Waals surface area contributed by atoms with Crippen molar-refractivity contribution in [3.05, 3.63) is 22.7 Å². The summed E-state index contributed by atoms with van der Waals surface area (Å²) in [5.41, 5.74) is 6.44. The van der Waals surface area contributed by atoms with Crippen LogP contribution >= 0.6 is 11.6 Å². The Morgan fingerprint density at radius 2 is 1.82 bits per heavy atom. The van der Waals surface area contributed by atoms with Gasteiger partial charge in [-0.3, -0.25) is 14.5 Å². The van der Waals surface area contributed by atoms with Crippen molar-refractivity contribution in [3.8, 4) is 5.75 Å². The number of hydrogen-bond acceptors (Lipinski definition) is 8. The fourth-order valence-corrected chi connectivity index (χ4v) is 4.49. The molecule has 34 heavy (non-hydrogen) atoms. The third-order valence-corrected chi connectivity index (χ3v) is 6.64. The lowest BCUT2D eigenvalue weighted by atomic mass is 9.98. The highest BCUT2D eigenvalue weighted by atomic mass is 35.5. The second-order valence-electron chi connectivity index (χ2n) is 8.93. The lowest BCUT2D eigenvalue weighted by Gasteiger charge is -2.32. The van der Waals surface area contributed by atoms with Gasteiger partial charge in [-0.1, -0.05) is 18.0 Å². The first-order chi connectivity index (χ1) is 16.3. The van der Waals surface area contributed by atoms with Gasteiger partial charge in [0, 0.05) is 25.2 Å². The molecule has 1 aromatic carbocycles. The number of hydrogen-bond donors (Lipinski definition) is 2. The molecular weight excluding hydrogens is 462 g/mol. The Kier molecular flexibility index (Phi) is 9.41. The smallest absolute Gasteiger partial charge is 0.347 e. The topological polar surface area (TPSA) is 120 Å². The molecule has 1 amide bonds. The van der Waals surface area contributed by atoms with Gasteiger partial charge in [-0.05, 0) is 51.5 Å². The maximum atomic E-state index is 12.7. The summed E-state index contributed by atoms with van der Waals surface area (Å²) in [6.07, 6.45) is 5.38. The lowest BCUT2D eigenvalue weighted by molar-refractivity contribution is -0.171. The maximum absolute atomic E-state index is 12.7. The number of nitrogens with two attached hydrogens (primary N) is 1. The van der Waals surface area contributed by atoms with E-state index in [-0.39, 0.29) is 29.6 Å². The predicted octanol–water partition coefficient (Wildman–Crippen LogP) is 2.93. The van der Waals surface area contributed by atoms with Crippen molar-refractivity contribution in [2.75, 3.05) is 32.5 Å². The van der Waals surface area contributed by atoms with Gasteiger partial charge in [0.1, 0.15) is 11.9 Å². The summed E-state index contributed by atoms with van der Waals surface area (Å²) in [4.78, 5) is 39.2. The molecule has 9 nitrogen and oxygen atoms in total. The number of likely N-dealkylation sites (tertiary alicyclic amines) is 1. The van der Waals surface area contributed by atoms with Crippen LogP contribution in [0.3, 0.4) is 0 Å². The summed E-state index contributed by atoms with van der Waals surface area (Å²) in [5, 5.41) is 3.28. The lowest BCUT2D eigenvalue weighted by Crippen LogP contribution is -2.46. The zero-order chi connectivity index (χ0) is 24.7. The molecule has 188 valence electrons. The van der Waals surface area contributed by atoms with Crippen LogP contribution < -0.4 is 15.8 Å². The molecule has 1 aromatic rings. The summed E-state index contributed by atoms with van der Waals surface area (Å²) in [6.45, 7) is 2.85. The normalized spacial score (nSPS) is 18.7. The van der Waals surface area contributed by atoms with Crippen molar-refractivity contribution in [1.29, 1.82) is 0 Å². The summed E-state index contributed by atoms with van der Waals surface area (Å²) < 4.78 is 16.0. The van der Waals surface area contributed by atoms with Gasteiger partial charge in [-0.15, -0.1) is 0 Å². The minimum Gasteiger partial charge on any atom is -0.496 e. The Hall–Kier alpha value is -2.52. The van der Waals surface area contributed by atoms with Gasteiger partial charge in [-0.2, -0.15) is 0 Å². The average Bonchev–Trinajstić information content (AvgIpc) is 2.82. The van der Waals surface area contributed by atoms with Crippen LogP contribution in [0.25, 0.3) is 0 Å². The molecule has 3 N–H and O–H groups in total. The standard InChI is InChI=1S/C24H34ClN3O6/c1-15(24(31)34-17-6-4-3-5-7-17)33-22(29)14-28-10-8-16(9-11-28)27-23(30)18-12-19(25)20(26)13-21(18)32-2/h12-13,15-17H,3-11,14,26H2,1-2H3,(H,27,30). The van der Waals surface area contributed by atoms with Crippen molar-refractivity contribution in [1.82, 2.24) is 10.2 Å². The van der Waals surface area contributed by atoms with E-state index in [4.69, 9.17) is 31.5 Å². The van der Waals surface area contributed by atoms with Crippen LogP contribution in [0.2, 0.25) is 5.02 Å². The summed E-state index contributed by atoms with van der Waals surface area (Å²) in [6, 6.07) is 2.97. The van der Waals surface area contributed by atoms with Gasteiger partial charge in [-0.25, -0.2) is 4.79 Å². The molecule has 0 spiro atoms. The van der Waals surface area contributed by atoms with Crippen LogP contribution in [0.4, 0.5) is 5.69 Å². The molecule has 2 fully saturated rings. The van der Waals surface area contributed by atoms with Gasteiger partial charge >= 0.3 is 11.9 Å². The van der Waals surface area contributed by atoms with E-state index in [2.05, 4.69) is 5.32 Å². The van der Waals surface area contributed by atoms with Crippen LogP contribution in [0.5, 0.6) is 5.75 Å². The quantitative estimate of drug-likeness (QED) is 0.417. The summed E-state index contributed by atoms with van der Waals surface area (Å²) in [5.74, 6) is -0.880. The highest BCUT2D eigenvalue weighted by Crippen LogP contribution is 2.29. The molecule has 1 aliphatic carbocycles. The Morgan fingerprint density at radius 1 is 1.15 bits per heavy atom. The van der Waals surface area contributed by atoms with Gasteiger partial charge in [0.15, 0.2) is 6.10 Å². The fourth-order valence-electron chi connectivity index (χ4n) is 4.32. The number of methoxy groups -OCH3 is 1. The maximum Gasteiger partial charge on any atom is 0.347 e. The van der Waals surface area contributed by atoms with Crippen LogP contribution in [-0.2, 0) is 19.1 Å². The van der Waals surface area contributed by atoms with E-state index in [1.54, 1.807) is 6.92 Å². The van der Waals surface area contributed by atoms with Gasteiger partial charge in [0.25, 0.3) is 5.91 Å². The van der Waals surface area contributed by atoms with E-state index in [9.17, 15) is 14.4 Å². The number of nitrogen functional groups attached to an aromatic ring is 1. The Bertz CT molecular complexity index is 882. The Balaban J connectivity index is 1.40. The average molecular weight is 496 g/mol. The van der Waals surface area contributed by atoms with Crippen LogP contribution in [0.15, 0.2) is 12.1 Å². The SMILES string of the molecule is COc1cc(N)c(Cl)cc1C(=O)NC1CCN(CC(=O)OC(C)C(=O)OC2CCCCC2)CC1. The van der Waals surface area contributed by atoms with Crippen molar-refractivity contribution in [2.45, 2.75) is 70.1 Å². The highest BCUT2D eigenvalue weighted by Gasteiger charge is 2.27. The first-order valence-electron chi connectivity index (χ1n) is 11.8. The second-order valence-corrected chi connectivity index (χ2v) is 9.33. The molecule has 0 bridgehead atoms. The number of carbonyl (C=O) groups excluding carboxylic acids is 3. The molecule has 1 heterocycles. The van der Waals surface area contributed by atoms with E-state index < -0.39 is 18.0 Å². The number of benzene rings is 1. The molecule has 1 aliphatic heterocycles. The fraction of sp³-hybridized carbons (Fsp3) is 0.625. The van der Waals surface area contributed by atoms with Gasteiger partial charge in [0.2, 0.25) is 0 Å². The molecule has 1 atom stereocenters. The molecule has 1 saturated carbocycles. The number of carbonyl (C=O) groups is 3. The first-order valence-corrected chi connectivity index (χ1v) is 12.2. The molecule has 10 heteroatoms. The predicted molar refractivity (Wildman–Crippen MR) is 128 cm³/mol. The number of amides is 1. The summed E-state index contributed by atoms with van der Waals surface area (Å²) >= 11 is 6.06. The molecule has 2 aliphatic rings. The van der Waals surface area contributed by atoms with E-state index in [1.807, 2.05) is 4.90 Å². The van der Waals surface area contributed by atoms with Crippen LogP contribution in [0.1, 0.15) is 62.2 Å². The first kappa shape index (κ1) is 26.1. The summed E-state index contributed by atoms with van der Waals surface area (Å²) in [7, 11) is 1.47. The number of piperidine rings is 1. The number of halogens is 1. The monoisotopic (exact) mass is 495 g/mol. The number of nitrogens with zero attached hydrogens (tertiary/aromatic N) is 1. The van der Waals surface area contributed by atoms with E-state index in [1.165, 1.54) is 25.7 Å². The number of rotatable bonds is 8. The molecule has 3 rings (SSSR count). The minimum absolute atomic E-state index is 0.0507. The molecule has 1 saturated heterocycles. The van der Waals surface area contributed by atoms with Crippen LogP contribution in [0, 0.1) is 0 Å². The van der Waals surface area contributed by atoms with E-state index in [0.29, 0.717) is 42.9 Å². The molecule has 1 unspecified atom stereocenters. The third kappa shape index (κ3) is 7.24. The number of esters is 2. The largest absolute Gasteiger partial charge is 0.496 e. The highest BCUT2D eigenvalue weighted by molar-refractivity contribution is 6.33. The van der Waals surface area contributed by atoms with E-state index in [0.717, 1.165) is 25.7 Å². The Morgan fingerprint density at radius 3 is 2.47 bits per heavy atom. The zero-order valence-corrected chi connectivity index (χ0v) is 20.6. The van der Waals surface area contributed by atoms with Crippen molar-refractivity contribution in [3.63, 3.8) is 0 Å². The van der Waals surface area contributed by atoms with Crippen molar-refractivity contribution in [2.24, 2.45) is 0 Å². The number of ether oxygens (including phenoxy) is 3. The van der Waals surface area contributed by atoms with E-state index >= 15 is 0 Å². The Labute approximate surface area is 205 Å². The van der Waals surface area contributed by atoms with Crippen molar-refractivity contribution >= 4 is 35.1 Å². The second kappa shape index (κ2) is 12.3. The third-order valence-electron chi connectivity index (χ3n) is 6.31. The van der Waals surface area contributed by atoms with Gasteiger partial charge < -0.3 is 25.3 Å². The molecule has 0 aromatic heterocycles. The van der Waals surface area contributed by atoms with Gasteiger partial charge in [0.05, 0.1) is 29.9 Å². The van der Waals surface area contributed by atoms with Crippen molar-refractivity contribution < 1.29 is 28.6 Å².